The number of benzene rings is 1. The molecule has 2 aliphatic rings. The zero-order valence-corrected chi connectivity index (χ0v) is 16.4. The fourth-order valence-electron chi connectivity index (χ4n) is 4.72. The summed E-state index contributed by atoms with van der Waals surface area (Å²) in [7, 11) is 0. The van der Waals surface area contributed by atoms with Crippen LogP contribution in [0.2, 0.25) is 0 Å². The monoisotopic (exact) mass is 396 g/mol. The minimum atomic E-state index is -0.0167. The van der Waals surface area contributed by atoms with E-state index in [2.05, 4.69) is 11.1 Å². The van der Waals surface area contributed by atoms with Crippen molar-refractivity contribution in [2.24, 2.45) is 5.92 Å². The van der Waals surface area contributed by atoms with Gasteiger partial charge in [0.2, 0.25) is 0 Å². The van der Waals surface area contributed by atoms with Crippen molar-refractivity contribution in [2.45, 2.75) is 18.9 Å². The molecular formula is C24H20N4O2. The summed E-state index contributed by atoms with van der Waals surface area (Å²) in [6, 6.07) is 16.5. The summed E-state index contributed by atoms with van der Waals surface area (Å²) >= 11 is 0. The lowest BCUT2D eigenvalue weighted by Gasteiger charge is -2.43. The minimum absolute atomic E-state index is 0.0158. The minimum Gasteiger partial charge on any atom is -0.338 e. The van der Waals surface area contributed by atoms with Gasteiger partial charge in [-0.2, -0.15) is 5.26 Å². The first-order valence-corrected chi connectivity index (χ1v) is 10.1. The number of amides is 1. The Labute approximate surface area is 174 Å². The topological polar surface area (TPSA) is 79.0 Å². The van der Waals surface area contributed by atoms with Crippen molar-refractivity contribution in [1.29, 1.82) is 5.26 Å². The van der Waals surface area contributed by atoms with Gasteiger partial charge >= 0.3 is 0 Å². The highest BCUT2D eigenvalue weighted by Gasteiger charge is 2.37. The zero-order chi connectivity index (χ0) is 20.7. The molecule has 1 aromatic carbocycles. The van der Waals surface area contributed by atoms with E-state index in [9.17, 15) is 9.59 Å². The molecule has 2 aromatic heterocycles. The lowest BCUT2D eigenvalue weighted by molar-refractivity contribution is 0.0594. The third kappa shape index (κ3) is 3.09. The summed E-state index contributed by atoms with van der Waals surface area (Å²) in [5.74, 6) is 0.382. The largest absolute Gasteiger partial charge is 0.338 e. The summed E-state index contributed by atoms with van der Waals surface area (Å²) in [5, 5.41) is 8.96. The van der Waals surface area contributed by atoms with Crippen LogP contribution in [0.4, 0.5) is 0 Å². The van der Waals surface area contributed by atoms with Gasteiger partial charge in [-0.25, -0.2) is 0 Å². The van der Waals surface area contributed by atoms with E-state index in [1.165, 1.54) is 0 Å². The quantitative estimate of drug-likeness (QED) is 0.667. The van der Waals surface area contributed by atoms with Crippen LogP contribution in [0.5, 0.6) is 0 Å². The lowest BCUT2D eigenvalue weighted by Crippen LogP contribution is -2.49. The maximum Gasteiger partial charge on any atom is 0.258 e. The Morgan fingerprint density at radius 3 is 2.63 bits per heavy atom. The molecule has 148 valence electrons. The third-order valence-electron chi connectivity index (χ3n) is 6.12. The molecule has 6 heteroatoms. The Morgan fingerprint density at radius 2 is 1.90 bits per heavy atom. The van der Waals surface area contributed by atoms with Crippen molar-refractivity contribution >= 4 is 5.91 Å². The predicted octanol–water partition coefficient (Wildman–Crippen LogP) is 3.04. The molecule has 0 radical (unpaired) electrons. The molecule has 3 aromatic rings. The number of fused-ring (bicyclic) bond motifs is 4. The molecule has 0 saturated carbocycles. The lowest BCUT2D eigenvalue weighted by atomic mass is 9.82. The molecule has 2 aliphatic heterocycles. The standard InChI is InChI=1S/C24H20N4O2/c25-11-16-3-5-18(6-4-16)23(29)27-13-17-10-20(15-27)22-8-7-21(24(30)28(22)14-17)19-2-1-9-26-12-19/h1-9,12,17,20H,10,13-15H2. The second-order valence-electron chi connectivity index (χ2n) is 8.03. The van der Waals surface area contributed by atoms with E-state index in [4.69, 9.17) is 5.26 Å². The molecular weight excluding hydrogens is 376 g/mol. The molecule has 1 saturated heterocycles. The van der Waals surface area contributed by atoms with E-state index in [0.717, 1.165) is 17.7 Å². The number of nitrogens with zero attached hydrogens (tertiary/aromatic N) is 4. The van der Waals surface area contributed by atoms with Gasteiger partial charge < -0.3 is 9.47 Å². The van der Waals surface area contributed by atoms with Gasteiger partial charge in [-0.1, -0.05) is 6.07 Å². The molecule has 2 unspecified atom stereocenters. The van der Waals surface area contributed by atoms with Crippen molar-refractivity contribution in [2.75, 3.05) is 13.1 Å². The number of nitriles is 1. The van der Waals surface area contributed by atoms with Crippen molar-refractivity contribution < 1.29 is 4.79 Å². The van der Waals surface area contributed by atoms with Crippen LogP contribution < -0.4 is 5.56 Å². The van der Waals surface area contributed by atoms with Crippen molar-refractivity contribution in [3.05, 3.63) is 88.1 Å². The van der Waals surface area contributed by atoms with Gasteiger partial charge in [-0.05, 0) is 54.8 Å². The number of hydrogen-bond donors (Lipinski definition) is 0. The van der Waals surface area contributed by atoms with Gasteiger partial charge in [-0.3, -0.25) is 14.6 Å². The van der Waals surface area contributed by atoms with Crippen molar-refractivity contribution in [3.8, 4) is 17.2 Å². The average Bonchev–Trinajstić information content (AvgIpc) is 2.80. The number of hydrogen-bond acceptors (Lipinski definition) is 4. The molecule has 0 aliphatic carbocycles. The van der Waals surface area contributed by atoms with Gasteiger partial charge in [0.25, 0.3) is 11.5 Å². The highest BCUT2D eigenvalue weighted by atomic mass is 16.2. The van der Waals surface area contributed by atoms with Crippen LogP contribution in [0.1, 0.15) is 34.0 Å². The molecule has 4 heterocycles. The summed E-state index contributed by atoms with van der Waals surface area (Å²) in [5.41, 5.74) is 3.64. The second kappa shape index (κ2) is 7.27. The fraction of sp³-hybridized carbons (Fsp3) is 0.250. The van der Waals surface area contributed by atoms with E-state index in [1.807, 2.05) is 33.7 Å². The number of aromatic nitrogens is 2. The van der Waals surface area contributed by atoms with E-state index in [0.29, 0.717) is 36.3 Å². The molecule has 5 rings (SSSR count). The highest BCUT2D eigenvalue weighted by Crippen LogP contribution is 2.36. The fourth-order valence-corrected chi connectivity index (χ4v) is 4.72. The Hall–Kier alpha value is -3.72. The number of pyridine rings is 2. The Kier molecular flexibility index (Phi) is 4.44. The molecule has 30 heavy (non-hydrogen) atoms. The van der Waals surface area contributed by atoms with Gasteiger partial charge in [0.1, 0.15) is 0 Å². The van der Waals surface area contributed by atoms with Crippen LogP contribution in [0.25, 0.3) is 11.1 Å². The smallest absolute Gasteiger partial charge is 0.258 e. The number of likely N-dealkylation sites (tertiary alicyclic amines) is 1. The van der Waals surface area contributed by atoms with E-state index in [1.54, 1.807) is 36.7 Å². The van der Waals surface area contributed by atoms with Gasteiger partial charge in [-0.15, -0.1) is 0 Å². The number of piperidine rings is 1. The molecule has 1 fully saturated rings. The number of carbonyl (C=O) groups is 1. The normalized spacial score (nSPS) is 19.6. The Morgan fingerprint density at radius 1 is 1.07 bits per heavy atom. The molecule has 0 spiro atoms. The van der Waals surface area contributed by atoms with Gasteiger partial charge in [0, 0.05) is 60.3 Å². The predicted molar refractivity (Wildman–Crippen MR) is 112 cm³/mol. The molecule has 2 atom stereocenters. The van der Waals surface area contributed by atoms with E-state index < -0.39 is 0 Å². The van der Waals surface area contributed by atoms with Crippen LogP contribution in [-0.4, -0.2) is 33.4 Å². The summed E-state index contributed by atoms with van der Waals surface area (Å²) in [4.78, 5) is 32.2. The Balaban J connectivity index is 1.44. The van der Waals surface area contributed by atoms with Crippen molar-refractivity contribution in [1.82, 2.24) is 14.5 Å². The van der Waals surface area contributed by atoms with Crippen LogP contribution in [-0.2, 0) is 6.54 Å². The Bertz CT molecular complexity index is 1210. The molecule has 0 N–H and O–H groups in total. The molecule has 2 bridgehead atoms. The summed E-state index contributed by atoms with van der Waals surface area (Å²) in [6.07, 6.45) is 4.40. The SMILES string of the molecule is N#Cc1ccc(C(=O)N2CC3CC(C2)c2ccc(-c4cccnc4)c(=O)n2C3)cc1. The second-order valence-corrected chi connectivity index (χ2v) is 8.03. The van der Waals surface area contributed by atoms with Gasteiger partial charge in [0.15, 0.2) is 0 Å². The number of carbonyl (C=O) groups excluding carboxylic acids is 1. The van der Waals surface area contributed by atoms with Crippen LogP contribution in [0.3, 0.4) is 0 Å². The number of rotatable bonds is 2. The van der Waals surface area contributed by atoms with E-state index >= 15 is 0 Å². The third-order valence-corrected chi connectivity index (χ3v) is 6.12. The molecule has 1 amide bonds. The van der Waals surface area contributed by atoms with E-state index in [-0.39, 0.29) is 23.3 Å². The summed E-state index contributed by atoms with van der Waals surface area (Å²) in [6.45, 7) is 1.86. The maximum absolute atomic E-state index is 13.2. The van der Waals surface area contributed by atoms with Crippen LogP contribution in [0, 0.1) is 17.2 Å². The average molecular weight is 396 g/mol. The first-order valence-electron chi connectivity index (χ1n) is 10.1. The molecule has 6 nitrogen and oxygen atoms in total. The van der Waals surface area contributed by atoms with Gasteiger partial charge in [0.05, 0.1) is 11.6 Å². The zero-order valence-electron chi connectivity index (χ0n) is 16.4. The van der Waals surface area contributed by atoms with Crippen LogP contribution >= 0.6 is 0 Å². The summed E-state index contributed by atoms with van der Waals surface area (Å²) < 4.78 is 1.89. The maximum atomic E-state index is 13.2. The highest BCUT2D eigenvalue weighted by molar-refractivity contribution is 5.94. The van der Waals surface area contributed by atoms with Crippen LogP contribution in [0.15, 0.2) is 65.7 Å². The van der Waals surface area contributed by atoms with Crippen molar-refractivity contribution in [3.63, 3.8) is 0 Å². The first-order chi connectivity index (χ1) is 14.6. The first kappa shape index (κ1) is 18.3.